The molecule has 0 radical (unpaired) electrons. The summed E-state index contributed by atoms with van der Waals surface area (Å²) >= 11 is 3.40. The second-order valence-corrected chi connectivity index (χ2v) is 6.40. The molecule has 1 aromatic carbocycles. The zero-order valence-corrected chi connectivity index (χ0v) is 12.5. The van der Waals surface area contributed by atoms with Gasteiger partial charge in [0.1, 0.15) is 0 Å². The Morgan fingerprint density at radius 3 is 2.78 bits per heavy atom. The molecule has 2 nitrogen and oxygen atoms in total. The first kappa shape index (κ1) is 13.6. The van der Waals surface area contributed by atoms with E-state index in [1.54, 1.807) is 0 Å². The van der Waals surface area contributed by atoms with Crippen molar-refractivity contribution in [3.8, 4) is 0 Å². The van der Waals surface area contributed by atoms with Gasteiger partial charge in [0, 0.05) is 16.1 Å². The smallest absolute Gasteiger partial charge is 0.251 e. The van der Waals surface area contributed by atoms with Gasteiger partial charge in [-0.25, -0.2) is 0 Å². The van der Waals surface area contributed by atoms with Crippen molar-refractivity contribution in [2.75, 3.05) is 0 Å². The summed E-state index contributed by atoms with van der Waals surface area (Å²) in [6.45, 7) is 4.53. The molecule has 18 heavy (non-hydrogen) atoms. The van der Waals surface area contributed by atoms with Crippen LogP contribution in [0.4, 0.5) is 0 Å². The van der Waals surface area contributed by atoms with Crippen LogP contribution in [0.15, 0.2) is 28.7 Å². The highest BCUT2D eigenvalue weighted by molar-refractivity contribution is 9.10. The molecule has 1 N–H and O–H groups in total. The van der Waals surface area contributed by atoms with E-state index >= 15 is 0 Å². The molecule has 1 amide bonds. The average molecular weight is 310 g/mol. The first-order valence-electron chi connectivity index (χ1n) is 6.62. The van der Waals surface area contributed by atoms with Gasteiger partial charge in [-0.2, -0.15) is 0 Å². The first-order valence-corrected chi connectivity index (χ1v) is 7.42. The highest BCUT2D eigenvalue weighted by Crippen LogP contribution is 2.28. The minimum absolute atomic E-state index is 0.0442. The minimum atomic E-state index is 0.0442. The summed E-state index contributed by atoms with van der Waals surface area (Å²) in [6.07, 6.45) is 3.53. The lowest BCUT2D eigenvalue weighted by Gasteiger charge is -2.33. The van der Waals surface area contributed by atoms with Gasteiger partial charge in [0.05, 0.1) is 0 Å². The summed E-state index contributed by atoms with van der Waals surface area (Å²) in [5, 5.41) is 3.17. The zero-order chi connectivity index (χ0) is 13.1. The molecule has 1 fully saturated rings. The fourth-order valence-electron chi connectivity index (χ4n) is 2.76. The van der Waals surface area contributed by atoms with Crippen LogP contribution < -0.4 is 5.32 Å². The SMILES string of the molecule is CC1CCC(NC(=O)c2cccc(Br)c2)C(C)C1. The molecule has 1 saturated carbocycles. The summed E-state index contributed by atoms with van der Waals surface area (Å²) < 4.78 is 0.945. The average Bonchev–Trinajstić information content (AvgIpc) is 2.32. The third-order valence-corrected chi connectivity index (χ3v) is 4.33. The van der Waals surface area contributed by atoms with E-state index in [2.05, 4.69) is 35.1 Å². The number of carbonyl (C=O) groups is 1. The van der Waals surface area contributed by atoms with Crippen LogP contribution in [0.2, 0.25) is 0 Å². The molecule has 0 aliphatic heterocycles. The molecule has 3 unspecified atom stereocenters. The van der Waals surface area contributed by atoms with Crippen molar-refractivity contribution in [2.45, 2.75) is 39.2 Å². The van der Waals surface area contributed by atoms with Crippen LogP contribution in [0.1, 0.15) is 43.5 Å². The standard InChI is InChI=1S/C15H20BrNO/c1-10-6-7-14(11(2)8-10)17-15(18)12-4-3-5-13(16)9-12/h3-5,9-11,14H,6-8H2,1-2H3,(H,17,18). The largest absolute Gasteiger partial charge is 0.349 e. The predicted octanol–water partition coefficient (Wildman–Crippen LogP) is 4.00. The number of rotatable bonds is 2. The number of hydrogen-bond acceptors (Lipinski definition) is 1. The molecule has 3 atom stereocenters. The van der Waals surface area contributed by atoms with Gasteiger partial charge in [0.25, 0.3) is 5.91 Å². The van der Waals surface area contributed by atoms with Crippen molar-refractivity contribution in [3.63, 3.8) is 0 Å². The molecule has 0 heterocycles. The molecule has 2 rings (SSSR count). The minimum Gasteiger partial charge on any atom is -0.349 e. The van der Waals surface area contributed by atoms with Crippen LogP contribution >= 0.6 is 15.9 Å². The molecular weight excluding hydrogens is 290 g/mol. The fraction of sp³-hybridized carbons (Fsp3) is 0.533. The third-order valence-electron chi connectivity index (χ3n) is 3.83. The molecule has 0 aromatic heterocycles. The van der Waals surface area contributed by atoms with E-state index in [1.165, 1.54) is 12.8 Å². The van der Waals surface area contributed by atoms with Crippen LogP contribution in [0.5, 0.6) is 0 Å². The molecule has 3 heteroatoms. The topological polar surface area (TPSA) is 29.1 Å². The molecular formula is C15H20BrNO. The number of halogens is 1. The van der Waals surface area contributed by atoms with Gasteiger partial charge in [-0.1, -0.05) is 35.8 Å². The van der Waals surface area contributed by atoms with Gasteiger partial charge < -0.3 is 5.32 Å². The quantitative estimate of drug-likeness (QED) is 0.879. The molecule has 1 aromatic rings. The Morgan fingerprint density at radius 1 is 1.33 bits per heavy atom. The van der Waals surface area contributed by atoms with Crippen molar-refractivity contribution in [2.24, 2.45) is 11.8 Å². The lowest BCUT2D eigenvalue weighted by molar-refractivity contribution is 0.0899. The van der Waals surface area contributed by atoms with Crippen molar-refractivity contribution >= 4 is 21.8 Å². The van der Waals surface area contributed by atoms with Gasteiger partial charge in [-0.05, 0) is 49.3 Å². The van der Waals surface area contributed by atoms with Crippen molar-refractivity contribution in [1.29, 1.82) is 0 Å². The normalized spacial score (nSPS) is 27.8. The maximum Gasteiger partial charge on any atom is 0.251 e. The Bertz CT molecular complexity index is 432. The van der Waals surface area contributed by atoms with Crippen LogP contribution in [-0.4, -0.2) is 11.9 Å². The Balaban J connectivity index is 1.99. The second kappa shape index (κ2) is 5.87. The molecule has 1 aliphatic carbocycles. The van der Waals surface area contributed by atoms with E-state index in [0.29, 0.717) is 12.0 Å². The summed E-state index contributed by atoms with van der Waals surface area (Å²) in [6, 6.07) is 7.88. The molecule has 0 bridgehead atoms. The van der Waals surface area contributed by atoms with E-state index in [-0.39, 0.29) is 5.91 Å². The zero-order valence-electron chi connectivity index (χ0n) is 10.9. The molecule has 98 valence electrons. The predicted molar refractivity (Wildman–Crippen MR) is 77.6 cm³/mol. The van der Waals surface area contributed by atoms with Crippen molar-refractivity contribution in [1.82, 2.24) is 5.32 Å². The summed E-state index contributed by atoms with van der Waals surface area (Å²) in [5.74, 6) is 1.41. The van der Waals surface area contributed by atoms with Crippen LogP contribution in [-0.2, 0) is 0 Å². The molecule has 0 spiro atoms. The Morgan fingerprint density at radius 2 is 2.11 bits per heavy atom. The maximum absolute atomic E-state index is 12.2. The Hall–Kier alpha value is -0.830. The van der Waals surface area contributed by atoms with Crippen LogP contribution in [0, 0.1) is 11.8 Å². The third kappa shape index (κ3) is 3.35. The van der Waals surface area contributed by atoms with Gasteiger partial charge in [0.15, 0.2) is 0 Å². The number of carbonyl (C=O) groups excluding carboxylic acids is 1. The highest BCUT2D eigenvalue weighted by Gasteiger charge is 2.26. The van der Waals surface area contributed by atoms with E-state index in [4.69, 9.17) is 0 Å². The van der Waals surface area contributed by atoms with Crippen LogP contribution in [0.3, 0.4) is 0 Å². The monoisotopic (exact) mass is 309 g/mol. The van der Waals surface area contributed by atoms with Gasteiger partial charge in [-0.3, -0.25) is 4.79 Å². The van der Waals surface area contributed by atoms with E-state index in [1.807, 2.05) is 24.3 Å². The maximum atomic E-state index is 12.2. The Labute approximate surface area is 117 Å². The van der Waals surface area contributed by atoms with Crippen molar-refractivity contribution in [3.05, 3.63) is 34.3 Å². The van der Waals surface area contributed by atoms with E-state index < -0.39 is 0 Å². The summed E-state index contributed by atoms with van der Waals surface area (Å²) in [4.78, 5) is 12.2. The molecule has 0 saturated heterocycles. The molecule has 1 aliphatic rings. The fourth-order valence-corrected chi connectivity index (χ4v) is 3.16. The van der Waals surface area contributed by atoms with E-state index in [9.17, 15) is 4.79 Å². The van der Waals surface area contributed by atoms with Gasteiger partial charge >= 0.3 is 0 Å². The number of nitrogens with one attached hydrogen (secondary N) is 1. The first-order chi connectivity index (χ1) is 8.56. The lowest BCUT2D eigenvalue weighted by Crippen LogP contribution is -2.42. The van der Waals surface area contributed by atoms with E-state index in [0.717, 1.165) is 22.4 Å². The number of hydrogen-bond donors (Lipinski definition) is 1. The van der Waals surface area contributed by atoms with Gasteiger partial charge in [-0.15, -0.1) is 0 Å². The van der Waals surface area contributed by atoms with Crippen LogP contribution in [0.25, 0.3) is 0 Å². The van der Waals surface area contributed by atoms with Crippen molar-refractivity contribution < 1.29 is 4.79 Å². The highest BCUT2D eigenvalue weighted by atomic mass is 79.9. The number of benzene rings is 1. The number of amides is 1. The summed E-state index contributed by atoms with van der Waals surface area (Å²) in [7, 11) is 0. The second-order valence-electron chi connectivity index (χ2n) is 5.49. The lowest BCUT2D eigenvalue weighted by atomic mass is 9.80. The Kier molecular flexibility index (Phi) is 4.44. The summed E-state index contributed by atoms with van der Waals surface area (Å²) in [5.41, 5.74) is 0.732. The van der Waals surface area contributed by atoms with Gasteiger partial charge in [0.2, 0.25) is 0 Å².